The van der Waals surface area contributed by atoms with Gasteiger partial charge < -0.3 is 46.5 Å². The Morgan fingerprint density at radius 2 is 0.549 bits per heavy atom. The van der Waals surface area contributed by atoms with Crippen LogP contribution in [0.4, 0.5) is 26.3 Å². The molecule has 6 amide bonds. The predicted octanol–water partition coefficient (Wildman–Crippen LogP) is 10.2. The molecule has 0 aliphatic rings. The van der Waals surface area contributed by atoms with Crippen LogP contribution in [0.5, 0.6) is 0 Å². The van der Waals surface area contributed by atoms with E-state index >= 15 is 0 Å². The molecule has 2 aromatic rings. The van der Waals surface area contributed by atoms with Gasteiger partial charge in [0.25, 0.3) is 11.8 Å². The monoisotopic (exact) mass is 1680 g/mol. The smallest absolute Gasteiger partial charge is 0.495 e. The number of rotatable bonds is 53. The van der Waals surface area contributed by atoms with Crippen LogP contribution in [0.2, 0.25) is 0 Å². The van der Waals surface area contributed by atoms with Crippen molar-refractivity contribution in [2.24, 2.45) is 71.0 Å². The normalized spacial score (nSPS) is 12.4. The summed E-state index contributed by atoms with van der Waals surface area (Å²) in [6, 6.07) is 0. The number of alkyl halides is 6. The molecule has 2 heterocycles. The lowest BCUT2D eigenvalue weighted by atomic mass is 10.1. The van der Waals surface area contributed by atoms with Gasteiger partial charge in [-0.25, -0.2) is 35.1 Å². The third-order valence-corrected chi connectivity index (χ3v) is 19.4. The number of carbonyl (C=O) groups is 6. The average molecular weight is 1680 g/mol. The van der Waals surface area contributed by atoms with Gasteiger partial charge >= 0.3 is 11.0 Å². The molecule has 2 aromatic heterocycles. The third-order valence-electron chi connectivity index (χ3n) is 17.0. The summed E-state index contributed by atoms with van der Waals surface area (Å²) in [6.45, 7) is 66.0. The van der Waals surface area contributed by atoms with Gasteiger partial charge in [-0.2, -0.15) is 26.3 Å². The van der Waals surface area contributed by atoms with Crippen LogP contribution in [0.25, 0.3) is 4.72 Å². The quantitative estimate of drug-likeness (QED) is 0.0342. The van der Waals surface area contributed by atoms with Gasteiger partial charge in [0.1, 0.15) is 24.8 Å². The molecule has 0 saturated carbocycles. The van der Waals surface area contributed by atoms with E-state index in [1.807, 2.05) is 63.6 Å². The average Bonchev–Trinajstić information content (AvgIpc) is 1.50. The molecule has 32 heteroatoms. The van der Waals surface area contributed by atoms with E-state index < -0.39 is 36.8 Å². The maximum absolute atomic E-state index is 13.6. The summed E-state index contributed by atoms with van der Waals surface area (Å²) >= 11 is 0. The Bertz CT molecular complexity index is 2870. The minimum atomic E-state index is -6.25. The number of aryl methyl sites for hydroxylation is 2. The zero-order chi connectivity index (χ0) is 86.2. The highest BCUT2D eigenvalue weighted by Gasteiger charge is 2.45. The lowest BCUT2D eigenvalue weighted by Gasteiger charge is -2.32. The highest BCUT2D eigenvalue weighted by Crippen LogP contribution is 2.31. The lowest BCUT2D eigenvalue weighted by molar-refractivity contribution is -0.684. The number of carbonyl (C=O) groups excluding carboxylic acids is 6. The largest absolute Gasteiger partial charge is 1.00 e. The Balaban J connectivity index is 0. The SMILES string of the molecule is CC(C)CN(CC(C)C)C(=O)CN(CCCCCCn1cc[n+](CC(=O)N(CC(C)C)CC(C)C)c1)CC(=O)N(CC(C)C)CC(C)C.CC(C)CN(CC(C)C)C(=O)CN(CCCCCCn1cc[n+](CC(=O)N(CC(C)C)CC(C)C)c1)CC(=O)N(CC(C)C)CC(C)C.O=S(=O)(C[N-]S(=O)(=O)C(F)(F)F)C(F)(F)F.[Cl-]. The second-order valence-electron chi connectivity index (χ2n) is 35.7. The van der Waals surface area contributed by atoms with Crippen molar-refractivity contribution in [2.75, 3.05) is 124 Å². The van der Waals surface area contributed by atoms with Gasteiger partial charge in [0.15, 0.2) is 23.1 Å². The van der Waals surface area contributed by atoms with Crippen molar-refractivity contribution >= 4 is 55.3 Å². The first-order chi connectivity index (χ1) is 51.6. The molecule has 0 aliphatic carbocycles. The molecule has 0 radical (unpaired) electrons. The highest BCUT2D eigenvalue weighted by molar-refractivity contribution is 7.97. The number of unbranched alkanes of at least 4 members (excludes halogenated alkanes) is 6. The summed E-state index contributed by atoms with van der Waals surface area (Å²) in [5, 5.41) is 0. The number of amides is 6. The van der Waals surface area contributed by atoms with E-state index in [1.165, 1.54) is 4.72 Å². The van der Waals surface area contributed by atoms with Gasteiger partial charge in [-0.3, -0.25) is 38.6 Å². The number of sulfonamides is 1. The van der Waals surface area contributed by atoms with Crippen LogP contribution in [0.1, 0.15) is 218 Å². The maximum Gasteiger partial charge on any atom is 0.495 e. The fourth-order valence-electron chi connectivity index (χ4n) is 12.6. The lowest BCUT2D eigenvalue weighted by Crippen LogP contribution is -3.00. The molecule has 0 atom stereocenters. The van der Waals surface area contributed by atoms with Gasteiger partial charge in [0, 0.05) is 78.5 Å². The topological polar surface area (TPSA) is 228 Å². The molecule has 0 bridgehead atoms. The summed E-state index contributed by atoms with van der Waals surface area (Å²) in [7, 11) is -12.3. The molecule has 0 N–H and O–H groups in total. The van der Waals surface area contributed by atoms with E-state index in [4.69, 9.17) is 0 Å². The Kier molecular flexibility index (Phi) is 54.0. The third kappa shape index (κ3) is 51.0. The van der Waals surface area contributed by atoms with E-state index in [9.17, 15) is 71.9 Å². The molecule has 0 fully saturated rings. The fraction of sp³-hybridized carbons (Fsp3) is 0.852. The van der Waals surface area contributed by atoms with E-state index in [-0.39, 0.29) is 74.0 Å². The summed E-state index contributed by atoms with van der Waals surface area (Å²) in [5.74, 6) is 3.30. The molecule has 662 valence electrons. The molecule has 0 unspecified atom stereocenters. The second-order valence-corrected chi connectivity index (χ2v) is 39.3. The van der Waals surface area contributed by atoms with Crippen LogP contribution in [0.15, 0.2) is 37.4 Å². The molecule has 0 aliphatic heterocycles. The predicted molar refractivity (Wildman–Crippen MR) is 435 cm³/mol. The number of halogens is 7. The first-order valence-corrected chi connectivity index (χ1v) is 44.2. The molecule has 113 heavy (non-hydrogen) atoms. The van der Waals surface area contributed by atoms with E-state index in [1.54, 1.807) is 0 Å². The number of sulfone groups is 1. The van der Waals surface area contributed by atoms with Gasteiger partial charge in [0.2, 0.25) is 46.1 Å². The molecule has 23 nitrogen and oxygen atoms in total. The van der Waals surface area contributed by atoms with Crippen molar-refractivity contribution in [2.45, 2.75) is 255 Å². The Hall–Kier alpha value is -5.11. The molecular formula is C81H152ClF6N13O10S2. The summed E-state index contributed by atoms with van der Waals surface area (Å²) < 4.78 is 120. The molecular weight excluding hydrogens is 1530 g/mol. The first-order valence-electron chi connectivity index (χ1n) is 41.1. The zero-order valence-corrected chi connectivity index (χ0v) is 76.1. The fourth-order valence-corrected chi connectivity index (χ4v) is 14.0. The Labute approximate surface area is 685 Å². The Morgan fingerprint density at radius 3 is 0.752 bits per heavy atom. The molecule has 2 rings (SSSR count). The van der Waals surface area contributed by atoms with Gasteiger partial charge in [0.05, 0.1) is 39.3 Å². The van der Waals surface area contributed by atoms with Crippen LogP contribution in [-0.4, -0.2) is 235 Å². The van der Waals surface area contributed by atoms with Gasteiger partial charge in [-0.05, 0) is 129 Å². The standard InChI is InChI=1S/2C39H75N6O3.C3H2F6NO4S2.ClH/c2*1-31(2)21-43(22-32(3)4)37(46)27-41(28-38(47)44(23-33(5)6)24-34(7)8)18-16-14-13-15-17-40-19-20-42(30-40)29-39(48)45(25-35(9)10)26-36(11)12;4-2(5,6)15(11,12)1-10-16(13,14)3(7,8)9;/h2*19-20,30-36H,13-18,21-29H2,1-12H3;1H2;1H/q2*+1;-1;/p-1. The van der Waals surface area contributed by atoms with Crippen molar-refractivity contribution < 1.29 is 93.5 Å². The summed E-state index contributed by atoms with van der Waals surface area (Å²) in [6.07, 6.45) is 20.4. The van der Waals surface area contributed by atoms with Crippen molar-refractivity contribution in [1.29, 1.82) is 0 Å². The second kappa shape index (κ2) is 55.5. The molecule has 0 aromatic carbocycles. The number of aromatic nitrogens is 4. The van der Waals surface area contributed by atoms with Crippen molar-refractivity contribution in [3.05, 3.63) is 42.2 Å². The van der Waals surface area contributed by atoms with E-state index in [2.05, 4.69) is 197 Å². The van der Waals surface area contributed by atoms with Crippen molar-refractivity contribution in [3.63, 3.8) is 0 Å². The van der Waals surface area contributed by atoms with Crippen molar-refractivity contribution in [1.82, 2.24) is 48.3 Å². The van der Waals surface area contributed by atoms with Crippen LogP contribution in [0.3, 0.4) is 0 Å². The van der Waals surface area contributed by atoms with Crippen molar-refractivity contribution in [3.8, 4) is 0 Å². The summed E-state index contributed by atoms with van der Waals surface area (Å²) in [4.78, 5) is 96.4. The van der Waals surface area contributed by atoms with Gasteiger partial charge in [-0.1, -0.05) is 179 Å². The van der Waals surface area contributed by atoms with E-state index in [0.717, 1.165) is 156 Å². The minimum absolute atomic E-state index is 0. The summed E-state index contributed by atoms with van der Waals surface area (Å²) in [5.41, 5.74) is -11.8. The van der Waals surface area contributed by atoms with Gasteiger partial charge in [-0.15, -0.1) is 0 Å². The molecule has 0 saturated heterocycles. The minimum Gasteiger partial charge on any atom is -1.00 e. The number of hydrogen-bond acceptors (Lipinski definition) is 12. The van der Waals surface area contributed by atoms with E-state index in [0.29, 0.717) is 84.1 Å². The van der Waals surface area contributed by atoms with Crippen LogP contribution >= 0.6 is 0 Å². The zero-order valence-electron chi connectivity index (χ0n) is 73.7. The highest BCUT2D eigenvalue weighted by atomic mass is 35.5. The maximum atomic E-state index is 13.6. The van der Waals surface area contributed by atoms with Crippen LogP contribution < -0.4 is 21.5 Å². The molecule has 0 spiro atoms. The van der Waals surface area contributed by atoms with Crippen LogP contribution in [-0.2, 0) is 74.8 Å². The number of hydrogen-bond donors (Lipinski definition) is 0. The number of imidazole rings is 2. The Morgan fingerprint density at radius 1 is 0.336 bits per heavy atom. The number of nitrogens with zero attached hydrogens (tertiary/aromatic N) is 13. The first kappa shape index (κ1) is 110. The van der Waals surface area contributed by atoms with Crippen LogP contribution in [0, 0.1) is 71.0 Å².